The van der Waals surface area contributed by atoms with Gasteiger partial charge in [-0.1, -0.05) is 24.3 Å². The normalized spacial score (nSPS) is 11.4. The zero-order valence-corrected chi connectivity index (χ0v) is 11.7. The van der Waals surface area contributed by atoms with Crippen molar-refractivity contribution in [2.24, 2.45) is 0 Å². The lowest BCUT2D eigenvalue weighted by molar-refractivity contribution is -0.135. The lowest BCUT2D eigenvalue weighted by Crippen LogP contribution is -2.47. The third kappa shape index (κ3) is 3.57. The van der Waals surface area contributed by atoms with Gasteiger partial charge in [0, 0.05) is 13.5 Å². The molecule has 0 heterocycles. The number of aryl methyl sites for hydroxylation is 2. The Balaban J connectivity index is 2.59. The summed E-state index contributed by atoms with van der Waals surface area (Å²) in [4.78, 5) is 13.7. The molecule has 1 amide bonds. The Kier molecular flexibility index (Phi) is 4.91. The largest absolute Gasteiger partial charge is 0.394 e. The minimum Gasteiger partial charge on any atom is -0.394 e. The van der Waals surface area contributed by atoms with E-state index in [9.17, 15) is 9.90 Å². The maximum absolute atomic E-state index is 12.0. The summed E-state index contributed by atoms with van der Waals surface area (Å²) in [6, 6.07) is 8.11. The molecule has 1 N–H and O–H groups in total. The van der Waals surface area contributed by atoms with Gasteiger partial charge in [-0.25, -0.2) is 0 Å². The first-order chi connectivity index (χ1) is 8.38. The van der Waals surface area contributed by atoms with E-state index in [4.69, 9.17) is 0 Å². The number of rotatable bonds is 5. The van der Waals surface area contributed by atoms with Crippen LogP contribution in [0.3, 0.4) is 0 Å². The number of carbonyl (C=O) groups is 1. The molecule has 3 heteroatoms. The van der Waals surface area contributed by atoms with E-state index in [1.165, 1.54) is 11.1 Å². The zero-order valence-electron chi connectivity index (χ0n) is 11.7. The Morgan fingerprint density at radius 1 is 1.33 bits per heavy atom. The van der Waals surface area contributed by atoms with Crippen molar-refractivity contribution in [2.75, 3.05) is 13.7 Å². The van der Waals surface area contributed by atoms with Gasteiger partial charge < -0.3 is 10.0 Å². The summed E-state index contributed by atoms with van der Waals surface area (Å²) < 4.78 is 0. The van der Waals surface area contributed by atoms with E-state index >= 15 is 0 Å². The van der Waals surface area contributed by atoms with Gasteiger partial charge in [0.1, 0.15) is 0 Å². The molecule has 0 bridgehead atoms. The first-order valence-corrected chi connectivity index (χ1v) is 6.30. The Bertz CT molecular complexity index is 413. The molecule has 0 aliphatic rings. The Morgan fingerprint density at radius 2 is 1.94 bits per heavy atom. The van der Waals surface area contributed by atoms with Crippen LogP contribution in [0.5, 0.6) is 0 Å². The minimum atomic E-state index is -0.497. The van der Waals surface area contributed by atoms with Crippen molar-refractivity contribution in [1.82, 2.24) is 4.90 Å². The third-order valence-electron chi connectivity index (χ3n) is 3.54. The molecule has 0 atom stereocenters. The molecule has 18 heavy (non-hydrogen) atoms. The lowest BCUT2D eigenvalue weighted by atomic mass is 10.0. The topological polar surface area (TPSA) is 40.5 Å². The maximum atomic E-state index is 12.0. The van der Waals surface area contributed by atoms with Crippen molar-refractivity contribution < 1.29 is 9.90 Å². The van der Waals surface area contributed by atoms with E-state index in [0.29, 0.717) is 6.42 Å². The van der Waals surface area contributed by atoms with Crippen LogP contribution in [0.15, 0.2) is 24.3 Å². The molecule has 1 aromatic rings. The number of nitrogens with zero attached hydrogens (tertiary/aromatic N) is 1. The van der Waals surface area contributed by atoms with Gasteiger partial charge in [0.2, 0.25) is 5.91 Å². The number of likely N-dealkylation sites (N-methyl/N-ethyl adjacent to an activating group) is 1. The van der Waals surface area contributed by atoms with Crippen molar-refractivity contribution in [1.29, 1.82) is 0 Å². The number of aliphatic hydroxyl groups is 1. The van der Waals surface area contributed by atoms with Crippen LogP contribution in [0.25, 0.3) is 0 Å². The van der Waals surface area contributed by atoms with Crippen LogP contribution < -0.4 is 0 Å². The molecule has 1 aromatic carbocycles. The molecular formula is C15H23NO2. The van der Waals surface area contributed by atoms with E-state index in [2.05, 4.69) is 19.1 Å². The Labute approximate surface area is 109 Å². The highest BCUT2D eigenvalue weighted by Crippen LogP contribution is 2.15. The summed E-state index contributed by atoms with van der Waals surface area (Å²) in [5.41, 5.74) is 1.93. The van der Waals surface area contributed by atoms with Crippen molar-refractivity contribution >= 4 is 5.91 Å². The zero-order chi connectivity index (χ0) is 13.8. The van der Waals surface area contributed by atoms with E-state index in [1.807, 2.05) is 26.0 Å². The van der Waals surface area contributed by atoms with Gasteiger partial charge in [0.05, 0.1) is 12.1 Å². The van der Waals surface area contributed by atoms with Gasteiger partial charge >= 0.3 is 0 Å². The summed E-state index contributed by atoms with van der Waals surface area (Å²) in [6.45, 7) is 5.75. The van der Waals surface area contributed by atoms with Crippen LogP contribution in [0.2, 0.25) is 0 Å². The van der Waals surface area contributed by atoms with Crippen LogP contribution in [-0.4, -0.2) is 35.1 Å². The molecule has 0 saturated heterocycles. The molecule has 0 aliphatic carbocycles. The van der Waals surface area contributed by atoms with Gasteiger partial charge in [-0.05, 0) is 38.3 Å². The van der Waals surface area contributed by atoms with Gasteiger partial charge in [-0.3, -0.25) is 4.79 Å². The van der Waals surface area contributed by atoms with E-state index in [0.717, 1.165) is 6.42 Å². The van der Waals surface area contributed by atoms with Crippen molar-refractivity contribution in [3.63, 3.8) is 0 Å². The summed E-state index contributed by atoms with van der Waals surface area (Å²) in [7, 11) is 1.75. The van der Waals surface area contributed by atoms with Gasteiger partial charge in [0.15, 0.2) is 0 Å². The highest BCUT2D eigenvalue weighted by Gasteiger charge is 2.26. The molecule has 0 radical (unpaired) electrons. The van der Waals surface area contributed by atoms with Crippen molar-refractivity contribution in [3.8, 4) is 0 Å². The van der Waals surface area contributed by atoms with Gasteiger partial charge in [-0.15, -0.1) is 0 Å². The minimum absolute atomic E-state index is 0.0282. The maximum Gasteiger partial charge on any atom is 0.223 e. The number of benzene rings is 1. The fourth-order valence-electron chi connectivity index (χ4n) is 1.74. The molecule has 0 spiro atoms. The van der Waals surface area contributed by atoms with Crippen LogP contribution in [0.1, 0.15) is 31.4 Å². The molecule has 100 valence electrons. The quantitative estimate of drug-likeness (QED) is 0.868. The second kappa shape index (κ2) is 6.01. The van der Waals surface area contributed by atoms with Crippen LogP contribution in [0, 0.1) is 6.92 Å². The predicted molar refractivity (Wildman–Crippen MR) is 73.4 cm³/mol. The molecular weight excluding hydrogens is 226 g/mol. The van der Waals surface area contributed by atoms with Crippen molar-refractivity contribution in [3.05, 3.63) is 35.4 Å². The second-order valence-electron chi connectivity index (χ2n) is 5.35. The average Bonchev–Trinajstić information content (AvgIpc) is 2.36. The molecule has 0 fully saturated rings. The molecule has 0 aliphatic heterocycles. The number of aliphatic hydroxyl groups excluding tert-OH is 1. The van der Waals surface area contributed by atoms with Crippen LogP contribution >= 0.6 is 0 Å². The first-order valence-electron chi connectivity index (χ1n) is 6.30. The average molecular weight is 249 g/mol. The van der Waals surface area contributed by atoms with Crippen LogP contribution in [0.4, 0.5) is 0 Å². The third-order valence-corrected chi connectivity index (χ3v) is 3.54. The molecule has 0 saturated carbocycles. The number of hydrogen-bond donors (Lipinski definition) is 1. The smallest absolute Gasteiger partial charge is 0.223 e. The summed E-state index contributed by atoms with van der Waals surface area (Å²) in [5.74, 6) is 0.0669. The number of amides is 1. The van der Waals surface area contributed by atoms with Gasteiger partial charge in [-0.2, -0.15) is 0 Å². The highest BCUT2D eigenvalue weighted by molar-refractivity contribution is 5.77. The molecule has 3 nitrogen and oxygen atoms in total. The Morgan fingerprint density at radius 3 is 2.50 bits per heavy atom. The lowest BCUT2D eigenvalue weighted by Gasteiger charge is -2.34. The SMILES string of the molecule is Cc1ccccc1CCC(=O)N(C)C(C)(C)CO. The highest BCUT2D eigenvalue weighted by atomic mass is 16.3. The fraction of sp³-hybridized carbons (Fsp3) is 0.533. The molecule has 0 aromatic heterocycles. The molecule has 0 unspecified atom stereocenters. The van der Waals surface area contributed by atoms with E-state index in [-0.39, 0.29) is 12.5 Å². The van der Waals surface area contributed by atoms with E-state index < -0.39 is 5.54 Å². The first kappa shape index (κ1) is 14.7. The predicted octanol–water partition coefficient (Wildman–Crippen LogP) is 2.16. The molecule has 1 rings (SSSR count). The Hall–Kier alpha value is -1.35. The fourth-order valence-corrected chi connectivity index (χ4v) is 1.74. The van der Waals surface area contributed by atoms with E-state index in [1.54, 1.807) is 11.9 Å². The number of hydrogen-bond acceptors (Lipinski definition) is 2. The standard InChI is InChI=1S/C15H23NO2/c1-12-7-5-6-8-13(12)9-10-14(18)16(4)15(2,3)11-17/h5-8,17H,9-11H2,1-4H3. The van der Waals surface area contributed by atoms with Crippen LogP contribution in [-0.2, 0) is 11.2 Å². The number of carbonyl (C=O) groups excluding carboxylic acids is 1. The summed E-state index contributed by atoms with van der Waals surface area (Å²) in [5, 5.41) is 9.25. The summed E-state index contributed by atoms with van der Waals surface area (Å²) >= 11 is 0. The second-order valence-corrected chi connectivity index (χ2v) is 5.35. The van der Waals surface area contributed by atoms with Crippen molar-refractivity contribution in [2.45, 2.75) is 39.2 Å². The monoisotopic (exact) mass is 249 g/mol. The summed E-state index contributed by atoms with van der Waals surface area (Å²) in [6.07, 6.45) is 1.22. The van der Waals surface area contributed by atoms with Gasteiger partial charge in [0.25, 0.3) is 0 Å².